The van der Waals surface area contributed by atoms with E-state index in [1.165, 1.54) is 25.9 Å². The summed E-state index contributed by atoms with van der Waals surface area (Å²) in [5, 5.41) is 7.76. The zero-order chi connectivity index (χ0) is 20.3. The third kappa shape index (κ3) is 4.28. The summed E-state index contributed by atoms with van der Waals surface area (Å²) in [6.07, 6.45) is 6.09. The monoisotopic (exact) mass is 428 g/mol. The maximum atomic E-state index is 13.0. The van der Waals surface area contributed by atoms with Gasteiger partial charge in [0.15, 0.2) is 5.82 Å². The Morgan fingerprint density at radius 1 is 1.32 bits per heavy atom. The van der Waals surface area contributed by atoms with Crippen molar-refractivity contribution in [1.82, 2.24) is 24.7 Å². The minimum Gasteiger partial charge on any atom is -0.372 e. The minimum atomic E-state index is -3.84. The molecule has 11 heteroatoms. The molecule has 1 N–H and O–H groups in total. The Morgan fingerprint density at radius 3 is 2.54 bits per heavy atom. The molecular formula is C17H25ClN6O3S. The number of nitrogens with one attached hydrogen (secondary N) is 1. The fourth-order valence-corrected chi connectivity index (χ4v) is 4.41. The molecule has 0 amide bonds. The normalized spacial score (nSPS) is 17.1. The lowest BCUT2D eigenvalue weighted by Gasteiger charge is -2.25. The van der Waals surface area contributed by atoms with Crippen molar-refractivity contribution in [3.05, 3.63) is 29.1 Å². The SMILES string of the molecule is CCCn1c(NS(=O)(=O)[C@@H](C)[C@H](OC)c2ncc(Cl)cn2)nnc1C1CCC1. The van der Waals surface area contributed by atoms with E-state index < -0.39 is 21.4 Å². The van der Waals surface area contributed by atoms with E-state index in [0.29, 0.717) is 17.5 Å². The van der Waals surface area contributed by atoms with Crippen LogP contribution >= 0.6 is 11.6 Å². The summed E-state index contributed by atoms with van der Waals surface area (Å²) in [5.41, 5.74) is 0. The minimum absolute atomic E-state index is 0.238. The molecule has 1 aliphatic carbocycles. The standard InChI is InChI=1S/C17H25ClN6O3S/c1-4-8-24-16(12-6-5-7-12)21-22-17(24)23-28(25,26)11(2)14(27-3)15-19-9-13(18)10-20-15/h9-12,14H,4-8H2,1-3H3,(H,22,23)/t11-,14-/m0/s1. The van der Waals surface area contributed by atoms with Crippen molar-refractivity contribution in [1.29, 1.82) is 0 Å². The van der Waals surface area contributed by atoms with Crippen LogP contribution in [0.15, 0.2) is 12.4 Å². The predicted octanol–water partition coefficient (Wildman–Crippen LogP) is 2.92. The number of aromatic nitrogens is 5. The highest BCUT2D eigenvalue weighted by Crippen LogP contribution is 2.36. The van der Waals surface area contributed by atoms with Gasteiger partial charge < -0.3 is 4.74 Å². The summed E-state index contributed by atoms with van der Waals surface area (Å²) in [4.78, 5) is 8.18. The van der Waals surface area contributed by atoms with E-state index in [-0.39, 0.29) is 11.8 Å². The van der Waals surface area contributed by atoms with Crippen molar-refractivity contribution in [3.63, 3.8) is 0 Å². The predicted molar refractivity (Wildman–Crippen MR) is 106 cm³/mol. The fraction of sp³-hybridized carbons (Fsp3) is 0.647. The maximum absolute atomic E-state index is 13.0. The zero-order valence-corrected chi connectivity index (χ0v) is 17.7. The van der Waals surface area contributed by atoms with E-state index >= 15 is 0 Å². The average molecular weight is 429 g/mol. The topological polar surface area (TPSA) is 112 Å². The molecule has 2 heterocycles. The number of hydrogen-bond donors (Lipinski definition) is 1. The highest BCUT2D eigenvalue weighted by molar-refractivity contribution is 7.93. The fourth-order valence-electron chi connectivity index (χ4n) is 3.16. The number of sulfonamides is 1. The molecular weight excluding hydrogens is 404 g/mol. The number of methoxy groups -OCH3 is 1. The second-order valence-corrected chi connectivity index (χ2v) is 9.40. The molecule has 0 radical (unpaired) electrons. The molecule has 0 bridgehead atoms. The Balaban J connectivity index is 1.84. The van der Waals surface area contributed by atoms with Crippen LogP contribution < -0.4 is 4.72 Å². The summed E-state index contributed by atoms with van der Waals surface area (Å²) in [6.45, 7) is 4.23. The first-order valence-electron chi connectivity index (χ1n) is 9.32. The van der Waals surface area contributed by atoms with E-state index in [4.69, 9.17) is 16.3 Å². The molecule has 2 atom stereocenters. The first-order valence-corrected chi connectivity index (χ1v) is 11.2. The summed E-state index contributed by atoms with van der Waals surface area (Å²) in [6, 6.07) is 0. The van der Waals surface area contributed by atoms with Gasteiger partial charge >= 0.3 is 0 Å². The molecule has 0 aromatic carbocycles. The van der Waals surface area contributed by atoms with Crippen molar-refractivity contribution in [2.45, 2.75) is 63.3 Å². The smallest absolute Gasteiger partial charge is 0.240 e. The summed E-state index contributed by atoms with van der Waals surface area (Å²) < 4.78 is 35.9. The van der Waals surface area contributed by atoms with Gasteiger partial charge in [-0.1, -0.05) is 24.9 Å². The summed E-state index contributed by atoms with van der Waals surface area (Å²) in [7, 11) is -2.42. The second-order valence-electron chi connectivity index (χ2n) is 6.93. The van der Waals surface area contributed by atoms with Gasteiger partial charge in [0.1, 0.15) is 17.2 Å². The Morgan fingerprint density at radius 2 is 2.00 bits per heavy atom. The summed E-state index contributed by atoms with van der Waals surface area (Å²) in [5.74, 6) is 1.68. The van der Waals surface area contributed by atoms with Gasteiger partial charge in [0.25, 0.3) is 0 Å². The Kier molecular flexibility index (Phi) is 6.51. The number of ether oxygens (including phenoxy) is 1. The van der Waals surface area contributed by atoms with Crippen LogP contribution in [0.1, 0.15) is 63.2 Å². The van der Waals surface area contributed by atoms with Gasteiger partial charge in [0.05, 0.1) is 5.02 Å². The largest absolute Gasteiger partial charge is 0.372 e. The van der Waals surface area contributed by atoms with Crippen molar-refractivity contribution in [2.24, 2.45) is 0 Å². The lowest BCUT2D eigenvalue weighted by Crippen LogP contribution is -2.33. The molecule has 9 nitrogen and oxygen atoms in total. The van der Waals surface area contributed by atoms with E-state index in [1.54, 1.807) is 6.92 Å². The van der Waals surface area contributed by atoms with Gasteiger partial charge in [-0.25, -0.2) is 18.4 Å². The van der Waals surface area contributed by atoms with Crippen molar-refractivity contribution in [3.8, 4) is 0 Å². The van der Waals surface area contributed by atoms with Gasteiger partial charge in [-0.3, -0.25) is 9.29 Å². The van der Waals surface area contributed by atoms with Crippen LogP contribution in [-0.2, 0) is 21.3 Å². The van der Waals surface area contributed by atoms with Gasteiger partial charge in [-0.15, -0.1) is 10.2 Å². The van der Waals surface area contributed by atoms with Crippen LogP contribution in [0.25, 0.3) is 0 Å². The van der Waals surface area contributed by atoms with Crippen LogP contribution in [0.2, 0.25) is 5.02 Å². The Bertz CT molecular complexity index is 898. The number of rotatable bonds is 9. The molecule has 2 aromatic rings. The average Bonchev–Trinajstić information content (AvgIpc) is 2.98. The maximum Gasteiger partial charge on any atom is 0.240 e. The molecule has 0 aliphatic heterocycles. The number of nitrogens with zero attached hydrogens (tertiary/aromatic N) is 5. The Hall–Kier alpha value is -1.78. The molecule has 0 saturated heterocycles. The van der Waals surface area contributed by atoms with Crippen LogP contribution in [0, 0.1) is 0 Å². The van der Waals surface area contributed by atoms with Crippen LogP contribution in [0.3, 0.4) is 0 Å². The van der Waals surface area contributed by atoms with Crippen molar-refractivity contribution < 1.29 is 13.2 Å². The first kappa shape index (κ1) is 20.9. The molecule has 1 aliphatic rings. The van der Waals surface area contributed by atoms with E-state index in [1.807, 2.05) is 11.5 Å². The number of anilines is 1. The highest BCUT2D eigenvalue weighted by Gasteiger charge is 2.35. The molecule has 1 saturated carbocycles. The number of halogens is 1. The molecule has 154 valence electrons. The van der Waals surface area contributed by atoms with E-state index in [0.717, 1.165) is 25.1 Å². The third-order valence-electron chi connectivity index (χ3n) is 4.99. The molecule has 1 fully saturated rings. The molecule has 28 heavy (non-hydrogen) atoms. The van der Waals surface area contributed by atoms with Gasteiger partial charge in [0, 0.05) is 32.0 Å². The van der Waals surface area contributed by atoms with Gasteiger partial charge in [0.2, 0.25) is 16.0 Å². The van der Waals surface area contributed by atoms with Crippen LogP contribution in [-0.4, -0.2) is 45.5 Å². The van der Waals surface area contributed by atoms with Crippen molar-refractivity contribution in [2.75, 3.05) is 11.8 Å². The van der Waals surface area contributed by atoms with E-state index in [9.17, 15) is 8.42 Å². The first-order chi connectivity index (χ1) is 13.4. The van der Waals surface area contributed by atoms with Crippen LogP contribution in [0.5, 0.6) is 0 Å². The van der Waals surface area contributed by atoms with Crippen molar-refractivity contribution >= 4 is 27.6 Å². The summed E-state index contributed by atoms with van der Waals surface area (Å²) >= 11 is 5.81. The molecule has 0 spiro atoms. The highest BCUT2D eigenvalue weighted by atomic mass is 35.5. The third-order valence-corrected chi connectivity index (χ3v) is 6.88. The Labute approximate surface area is 169 Å². The number of hydrogen-bond acceptors (Lipinski definition) is 7. The van der Waals surface area contributed by atoms with E-state index in [2.05, 4.69) is 24.9 Å². The molecule has 3 rings (SSSR count). The molecule has 2 aromatic heterocycles. The van der Waals surface area contributed by atoms with Gasteiger partial charge in [-0.05, 0) is 26.2 Å². The molecule has 0 unspecified atom stereocenters. The second kappa shape index (κ2) is 8.71. The van der Waals surface area contributed by atoms with Crippen LogP contribution in [0.4, 0.5) is 5.95 Å². The van der Waals surface area contributed by atoms with Gasteiger partial charge in [-0.2, -0.15) is 0 Å². The lowest BCUT2D eigenvalue weighted by atomic mass is 9.85. The lowest BCUT2D eigenvalue weighted by molar-refractivity contribution is 0.0950. The quantitative estimate of drug-likeness (QED) is 0.653. The zero-order valence-electron chi connectivity index (χ0n) is 16.2.